The fourth-order valence-electron chi connectivity index (χ4n) is 7.75. The standard InChI is InChI=1S/C44H51NO22/c1-20(46)56-18-33-35(60-22(3)48)37(61-23(4)49)40(64-26(7)52)43(66-33)67-36-34(19-57-21(2)47)65-42(39(63-25(6)51)38(36)62-24(5)50)58-17-32(41(53)54)45-44(55)59-16-31-29-14-10-8-12-27(29)28-13-9-11-15-30(28)31/h8-15,31-40,42-43H,16-19H2,1-7H3,(H,45,55)(H,53,54)/t32-,33+,34+,35+,36-,37-,38-,39-,40+,42+,43-/m1/s1. The average molecular weight is 946 g/mol. The predicted octanol–water partition coefficient (Wildman–Crippen LogP) is 1.61. The van der Waals surface area contributed by atoms with Gasteiger partial charge in [-0.3, -0.25) is 33.6 Å². The van der Waals surface area contributed by atoms with Gasteiger partial charge in [-0.2, -0.15) is 0 Å². The summed E-state index contributed by atoms with van der Waals surface area (Å²) in [6, 6.07) is 13.3. The zero-order valence-corrected chi connectivity index (χ0v) is 37.4. The number of rotatable bonds is 18. The molecule has 1 amide bonds. The van der Waals surface area contributed by atoms with Crippen LogP contribution in [0.15, 0.2) is 48.5 Å². The first-order chi connectivity index (χ1) is 31.7. The predicted molar refractivity (Wildman–Crippen MR) is 219 cm³/mol. The summed E-state index contributed by atoms with van der Waals surface area (Å²) in [6.45, 7) is 4.63. The van der Waals surface area contributed by atoms with Gasteiger partial charge in [-0.1, -0.05) is 48.5 Å². The van der Waals surface area contributed by atoms with Crippen LogP contribution >= 0.6 is 0 Å². The summed E-state index contributed by atoms with van der Waals surface area (Å²) in [7, 11) is 0. The highest BCUT2D eigenvalue weighted by Gasteiger charge is 2.58. The molecule has 11 atom stereocenters. The van der Waals surface area contributed by atoms with Gasteiger partial charge in [0, 0.05) is 54.4 Å². The Morgan fingerprint density at radius 1 is 0.522 bits per heavy atom. The molecule has 2 N–H and O–H groups in total. The van der Waals surface area contributed by atoms with E-state index < -0.39 is 141 Å². The molecule has 0 saturated carbocycles. The monoisotopic (exact) mass is 945 g/mol. The van der Waals surface area contributed by atoms with E-state index >= 15 is 0 Å². The van der Waals surface area contributed by atoms with Crippen LogP contribution in [0.2, 0.25) is 0 Å². The molecule has 23 nitrogen and oxygen atoms in total. The lowest BCUT2D eigenvalue weighted by Crippen LogP contribution is -2.67. The number of hydrogen-bond acceptors (Lipinski definition) is 21. The molecule has 2 fully saturated rings. The zero-order valence-electron chi connectivity index (χ0n) is 37.4. The molecule has 0 aromatic heterocycles. The zero-order chi connectivity index (χ0) is 49.1. The average Bonchev–Trinajstić information content (AvgIpc) is 3.56. The van der Waals surface area contributed by atoms with Gasteiger partial charge in [0.2, 0.25) is 0 Å². The number of amides is 1. The van der Waals surface area contributed by atoms with Crippen molar-refractivity contribution in [2.24, 2.45) is 0 Å². The van der Waals surface area contributed by atoms with E-state index in [0.717, 1.165) is 70.7 Å². The number of alkyl carbamates (subject to hydrolysis) is 1. The van der Waals surface area contributed by atoms with Crippen LogP contribution in [-0.2, 0) is 95.2 Å². The van der Waals surface area contributed by atoms with Crippen LogP contribution in [0.5, 0.6) is 0 Å². The lowest BCUT2D eigenvalue weighted by atomic mass is 9.96. The number of nitrogens with one attached hydrogen (secondary N) is 1. The van der Waals surface area contributed by atoms with E-state index in [0.29, 0.717) is 0 Å². The van der Waals surface area contributed by atoms with E-state index in [-0.39, 0.29) is 12.5 Å². The molecule has 1 aliphatic carbocycles. The van der Waals surface area contributed by atoms with Crippen molar-refractivity contribution >= 4 is 53.8 Å². The largest absolute Gasteiger partial charge is 0.480 e. The van der Waals surface area contributed by atoms with Crippen LogP contribution in [-0.4, -0.2) is 153 Å². The number of carboxylic acids is 1. The van der Waals surface area contributed by atoms with Crippen molar-refractivity contribution in [3.63, 3.8) is 0 Å². The van der Waals surface area contributed by atoms with Gasteiger partial charge >= 0.3 is 53.8 Å². The summed E-state index contributed by atoms with van der Waals surface area (Å²) in [4.78, 5) is 112. The number of carbonyl (C=O) groups excluding carboxylic acids is 8. The van der Waals surface area contributed by atoms with Crippen molar-refractivity contribution < 1.29 is 105 Å². The molecule has 2 heterocycles. The fraction of sp³-hybridized carbons (Fsp3) is 0.523. The molecular weight excluding hydrogens is 894 g/mol. The summed E-state index contributed by atoms with van der Waals surface area (Å²) >= 11 is 0. The maximum atomic E-state index is 13.2. The first-order valence-corrected chi connectivity index (χ1v) is 20.8. The van der Waals surface area contributed by atoms with Gasteiger partial charge in [0.05, 0.1) is 6.61 Å². The second-order valence-electron chi connectivity index (χ2n) is 15.4. The molecule has 67 heavy (non-hydrogen) atoms. The van der Waals surface area contributed by atoms with E-state index in [9.17, 15) is 48.3 Å². The highest BCUT2D eigenvalue weighted by Crippen LogP contribution is 2.44. The molecule has 364 valence electrons. The molecule has 23 heteroatoms. The molecule has 3 aliphatic rings. The fourth-order valence-corrected chi connectivity index (χ4v) is 7.75. The van der Waals surface area contributed by atoms with E-state index in [1.54, 1.807) is 0 Å². The maximum Gasteiger partial charge on any atom is 0.407 e. The lowest BCUT2D eigenvalue weighted by Gasteiger charge is -2.48. The Morgan fingerprint density at radius 3 is 1.42 bits per heavy atom. The first-order valence-electron chi connectivity index (χ1n) is 20.8. The van der Waals surface area contributed by atoms with Crippen LogP contribution in [0, 0.1) is 0 Å². The van der Waals surface area contributed by atoms with Crippen molar-refractivity contribution in [3.05, 3.63) is 59.7 Å². The van der Waals surface area contributed by atoms with Crippen molar-refractivity contribution in [1.29, 1.82) is 0 Å². The van der Waals surface area contributed by atoms with Crippen LogP contribution < -0.4 is 5.32 Å². The Hall–Kier alpha value is -6.69. The summed E-state index contributed by atoms with van der Waals surface area (Å²) in [5.74, 6) is -8.47. The van der Waals surface area contributed by atoms with Crippen molar-refractivity contribution in [2.75, 3.05) is 26.4 Å². The number of carbonyl (C=O) groups is 9. The highest BCUT2D eigenvalue weighted by molar-refractivity contribution is 5.81. The number of aliphatic carboxylic acids is 1. The lowest BCUT2D eigenvalue weighted by molar-refractivity contribution is -0.361. The summed E-state index contributed by atoms with van der Waals surface area (Å²) in [5.41, 5.74) is 3.73. The molecule has 5 rings (SSSR count). The van der Waals surface area contributed by atoms with Crippen LogP contribution in [0.1, 0.15) is 65.5 Å². The molecule has 0 spiro atoms. The molecule has 2 aliphatic heterocycles. The second-order valence-corrected chi connectivity index (χ2v) is 15.4. The number of benzene rings is 2. The SMILES string of the molecule is CC(=O)OC[C@@H]1O[C@H](O[C@H]2[C@@H](OC(C)=O)[C@@H](OC(C)=O)[C@@H](OC[C@@H](NC(=O)OCC3c4ccccc4-c4ccccc43)C(=O)O)O[C@H]2COC(C)=O)[C@@H](OC(C)=O)[C@H](OC(C)=O)[C@H]1OC(C)=O. The summed E-state index contributed by atoms with van der Waals surface area (Å²) in [5, 5.41) is 12.4. The third-order valence-corrected chi connectivity index (χ3v) is 10.2. The Bertz CT molecular complexity index is 2130. The van der Waals surface area contributed by atoms with Gasteiger partial charge in [0.25, 0.3) is 0 Å². The number of hydrogen-bond donors (Lipinski definition) is 2. The minimum absolute atomic E-state index is 0.157. The smallest absolute Gasteiger partial charge is 0.407 e. The quantitative estimate of drug-likeness (QED) is 0.158. The van der Waals surface area contributed by atoms with Gasteiger partial charge in [-0.05, 0) is 22.3 Å². The van der Waals surface area contributed by atoms with Gasteiger partial charge in [0.1, 0.15) is 38.1 Å². The highest BCUT2D eigenvalue weighted by atomic mass is 16.8. The summed E-state index contributed by atoms with van der Waals surface area (Å²) < 4.78 is 67.7. The normalized spacial score (nSPS) is 25.7. The molecule has 2 aromatic carbocycles. The minimum Gasteiger partial charge on any atom is -0.480 e. The number of esters is 7. The minimum atomic E-state index is -1.93. The van der Waals surface area contributed by atoms with Gasteiger partial charge in [-0.25, -0.2) is 9.59 Å². The van der Waals surface area contributed by atoms with Gasteiger partial charge in [0.15, 0.2) is 49.1 Å². The topological polar surface area (TPSA) is 297 Å². The van der Waals surface area contributed by atoms with Gasteiger partial charge in [-0.15, -0.1) is 0 Å². The van der Waals surface area contributed by atoms with Crippen molar-refractivity contribution in [2.45, 2.75) is 122 Å². The third kappa shape index (κ3) is 13.7. The number of fused-ring (bicyclic) bond motifs is 3. The second kappa shape index (κ2) is 23.2. The van der Waals surface area contributed by atoms with Crippen molar-refractivity contribution in [1.82, 2.24) is 5.32 Å². The van der Waals surface area contributed by atoms with E-state index in [1.807, 2.05) is 48.5 Å². The molecule has 0 bridgehead atoms. The van der Waals surface area contributed by atoms with Crippen LogP contribution in [0.3, 0.4) is 0 Å². The Balaban J connectivity index is 1.43. The molecule has 2 aromatic rings. The van der Waals surface area contributed by atoms with E-state index in [1.165, 1.54) is 0 Å². The van der Waals surface area contributed by atoms with E-state index in [2.05, 4.69) is 5.32 Å². The molecule has 0 radical (unpaired) electrons. The molecule has 2 saturated heterocycles. The third-order valence-electron chi connectivity index (χ3n) is 10.2. The summed E-state index contributed by atoms with van der Waals surface area (Å²) in [6.07, 6.45) is -18.6. The van der Waals surface area contributed by atoms with Gasteiger partial charge < -0.3 is 67.3 Å². The molecule has 0 unspecified atom stereocenters. The maximum absolute atomic E-state index is 13.2. The van der Waals surface area contributed by atoms with Crippen molar-refractivity contribution in [3.8, 4) is 11.1 Å². The first kappa shape index (κ1) is 51.3. The number of carboxylic acid groups (broad SMARTS) is 1. The van der Waals surface area contributed by atoms with Crippen LogP contribution in [0.25, 0.3) is 11.1 Å². The van der Waals surface area contributed by atoms with Crippen LogP contribution in [0.4, 0.5) is 4.79 Å². The Labute approximate surface area is 382 Å². The number of ether oxygens (including phenoxy) is 12. The Morgan fingerprint density at radius 2 is 0.940 bits per heavy atom. The Kier molecular flexibility index (Phi) is 17.7. The molecular formula is C44H51NO22. The van der Waals surface area contributed by atoms with E-state index in [4.69, 9.17) is 56.8 Å².